The molecule has 1 amide bonds. The quantitative estimate of drug-likeness (QED) is 0.781. The van der Waals surface area contributed by atoms with E-state index in [4.69, 9.17) is 10.5 Å². The van der Waals surface area contributed by atoms with Crippen LogP contribution in [0.1, 0.15) is 11.1 Å². The Bertz CT molecular complexity index is 514. The van der Waals surface area contributed by atoms with Gasteiger partial charge in [-0.25, -0.2) is 0 Å². The van der Waals surface area contributed by atoms with Crippen LogP contribution < -0.4 is 16.4 Å². The molecule has 1 fully saturated rings. The van der Waals surface area contributed by atoms with Crippen LogP contribution >= 0.6 is 0 Å². The summed E-state index contributed by atoms with van der Waals surface area (Å²) in [5.74, 6) is -0.482. The topological polar surface area (TPSA) is 76.4 Å². The van der Waals surface area contributed by atoms with E-state index in [1.165, 1.54) is 6.07 Å². The van der Waals surface area contributed by atoms with Gasteiger partial charge in [-0.1, -0.05) is 0 Å². The van der Waals surface area contributed by atoms with E-state index in [0.717, 1.165) is 12.1 Å². The molecule has 1 atom stereocenters. The van der Waals surface area contributed by atoms with Gasteiger partial charge in [-0.15, -0.1) is 0 Å². The highest BCUT2D eigenvalue weighted by atomic mass is 19.4. The van der Waals surface area contributed by atoms with Gasteiger partial charge in [0.1, 0.15) is 6.10 Å². The molecule has 0 radical (unpaired) electrons. The molecule has 1 heterocycles. The van der Waals surface area contributed by atoms with E-state index >= 15 is 0 Å². The van der Waals surface area contributed by atoms with Gasteiger partial charge in [0, 0.05) is 25.3 Å². The van der Waals surface area contributed by atoms with Gasteiger partial charge in [0.25, 0.3) is 5.91 Å². The van der Waals surface area contributed by atoms with E-state index in [9.17, 15) is 18.0 Å². The minimum atomic E-state index is -4.49. The second-order valence-electron chi connectivity index (χ2n) is 4.67. The lowest BCUT2D eigenvalue weighted by Gasteiger charge is -2.23. The first-order valence-corrected chi connectivity index (χ1v) is 6.44. The Morgan fingerprint density at radius 1 is 1.43 bits per heavy atom. The van der Waals surface area contributed by atoms with Gasteiger partial charge in [-0.05, 0) is 23.8 Å². The molecule has 0 aromatic heterocycles. The summed E-state index contributed by atoms with van der Waals surface area (Å²) in [5, 5.41) is 5.41. The van der Waals surface area contributed by atoms with Crippen molar-refractivity contribution < 1.29 is 22.7 Å². The van der Waals surface area contributed by atoms with Crippen molar-refractivity contribution in [3.63, 3.8) is 0 Å². The molecule has 21 heavy (non-hydrogen) atoms. The summed E-state index contributed by atoms with van der Waals surface area (Å²) in [7, 11) is 0. The van der Waals surface area contributed by atoms with Crippen molar-refractivity contribution in [2.75, 3.05) is 25.0 Å². The lowest BCUT2D eigenvalue weighted by atomic mass is 10.1. The van der Waals surface area contributed by atoms with E-state index in [1.54, 1.807) is 0 Å². The fourth-order valence-corrected chi connectivity index (χ4v) is 2.00. The lowest BCUT2D eigenvalue weighted by Crippen LogP contribution is -2.45. The van der Waals surface area contributed by atoms with Crippen molar-refractivity contribution in [3.8, 4) is 0 Å². The Morgan fingerprint density at radius 3 is 2.76 bits per heavy atom. The first-order chi connectivity index (χ1) is 9.90. The average molecular weight is 303 g/mol. The molecule has 116 valence electrons. The lowest BCUT2D eigenvalue weighted by molar-refractivity contribution is -0.137. The van der Waals surface area contributed by atoms with Gasteiger partial charge >= 0.3 is 6.18 Å². The fourth-order valence-electron chi connectivity index (χ4n) is 2.00. The summed E-state index contributed by atoms with van der Waals surface area (Å²) in [6.07, 6.45) is -5.21. The summed E-state index contributed by atoms with van der Waals surface area (Å²) in [4.78, 5) is 11.9. The molecule has 0 bridgehead atoms. The molecule has 1 aromatic rings. The molecule has 8 heteroatoms. The van der Waals surface area contributed by atoms with E-state index in [-0.39, 0.29) is 12.2 Å². The Hall–Kier alpha value is -1.64. The molecule has 0 aliphatic carbocycles. The molecule has 1 saturated heterocycles. The molecule has 0 saturated carbocycles. The van der Waals surface area contributed by atoms with E-state index in [0.29, 0.717) is 25.3 Å². The molecule has 5 nitrogen and oxygen atoms in total. The number of carbonyl (C=O) groups excluding carboxylic acids is 1. The van der Waals surface area contributed by atoms with Crippen molar-refractivity contribution in [1.82, 2.24) is 5.32 Å². The largest absolute Gasteiger partial charge is 0.416 e. The molecule has 1 aliphatic heterocycles. The molecule has 0 spiro atoms. The highest BCUT2D eigenvalue weighted by Crippen LogP contribution is 2.32. The number of nitrogens with one attached hydrogen (secondary N) is 2. The van der Waals surface area contributed by atoms with Crippen molar-refractivity contribution in [2.45, 2.75) is 18.8 Å². The SMILES string of the molecule is NCc1cc(NC(=O)[C@H]2CNCCO2)cc(C(F)(F)F)c1. The van der Waals surface area contributed by atoms with E-state index < -0.39 is 23.8 Å². The van der Waals surface area contributed by atoms with Crippen LogP contribution in [0, 0.1) is 0 Å². The number of hydrogen-bond acceptors (Lipinski definition) is 4. The summed E-state index contributed by atoms with van der Waals surface area (Å²) in [6.45, 7) is 1.31. The minimum Gasteiger partial charge on any atom is -0.366 e. The van der Waals surface area contributed by atoms with E-state index in [2.05, 4.69) is 10.6 Å². The van der Waals surface area contributed by atoms with Crippen LogP contribution in [0.3, 0.4) is 0 Å². The number of nitrogens with two attached hydrogens (primary N) is 1. The molecule has 1 aromatic carbocycles. The second kappa shape index (κ2) is 6.42. The maximum Gasteiger partial charge on any atom is 0.416 e. The highest BCUT2D eigenvalue weighted by Gasteiger charge is 2.31. The number of halogens is 3. The number of amides is 1. The third-order valence-electron chi connectivity index (χ3n) is 3.04. The summed E-state index contributed by atoms with van der Waals surface area (Å²) in [6, 6.07) is 3.27. The Balaban J connectivity index is 2.16. The molecule has 0 unspecified atom stereocenters. The number of morpholine rings is 1. The minimum absolute atomic E-state index is 0.0473. The molecule has 4 N–H and O–H groups in total. The first-order valence-electron chi connectivity index (χ1n) is 6.44. The third-order valence-corrected chi connectivity index (χ3v) is 3.04. The second-order valence-corrected chi connectivity index (χ2v) is 4.67. The number of carbonyl (C=O) groups is 1. The van der Waals surface area contributed by atoms with Crippen molar-refractivity contribution in [1.29, 1.82) is 0 Å². The van der Waals surface area contributed by atoms with Crippen LogP contribution in [0.25, 0.3) is 0 Å². The smallest absolute Gasteiger partial charge is 0.366 e. The number of ether oxygens (including phenoxy) is 1. The van der Waals surface area contributed by atoms with E-state index in [1.807, 2.05) is 0 Å². The first kappa shape index (κ1) is 15.7. The van der Waals surface area contributed by atoms with Crippen molar-refractivity contribution in [3.05, 3.63) is 29.3 Å². The van der Waals surface area contributed by atoms with Gasteiger partial charge in [-0.3, -0.25) is 4.79 Å². The average Bonchev–Trinajstić information content (AvgIpc) is 2.46. The molecule has 1 aliphatic rings. The van der Waals surface area contributed by atoms with Gasteiger partial charge in [0.2, 0.25) is 0 Å². The predicted octanol–water partition coefficient (Wildman–Crippen LogP) is 1.09. The fraction of sp³-hybridized carbons (Fsp3) is 0.462. The van der Waals surface area contributed by atoms with Gasteiger partial charge in [0.05, 0.1) is 12.2 Å². The van der Waals surface area contributed by atoms with Crippen LogP contribution in [0.4, 0.5) is 18.9 Å². The van der Waals surface area contributed by atoms with Crippen LogP contribution in [-0.4, -0.2) is 31.7 Å². The van der Waals surface area contributed by atoms with Crippen molar-refractivity contribution in [2.24, 2.45) is 5.73 Å². The summed E-state index contributed by atoms with van der Waals surface area (Å²) >= 11 is 0. The number of alkyl halides is 3. The Kier molecular flexibility index (Phi) is 4.81. The molecular weight excluding hydrogens is 287 g/mol. The van der Waals surface area contributed by atoms with Gasteiger partial charge in [0.15, 0.2) is 0 Å². The normalized spacial score (nSPS) is 19.3. The Labute approximate surface area is 119 Å². The van der Waals surface area contributed by atoms with Crippen LogP contribution in [0.2, 0.25) is 0 Å². The standard InChI is InChI=1S/C13H16F3N3O2/c14-13(15,16)9-3-8(6-17)4-10(5-9)19-12(20)11-7-18-1-2-21-11/h3-5,11,18H,1-2,6-7,17H2,(H,19,20)/t11-/m1/s1. The zero-order chi connectivity index (χ0) is 15.5. The molecular formula is C13H16F3N3O2. The van der Waals surface area contributed by atoms with Crippen LogP contribution in [-0.2, 0) is 22.3 Å². The monoisotopic (exact) mass is 303 g/mol. The number of hydrogen-bond donors (Lipinski definition) is 3. The number of benzene rings is 1. The molecule has 2 rings (SSSR count). The van der Waals surface area contributed by atoms with Gasteiger partial charge in [-0.2, -0.15) is 13.2 Å². The zero-order valence-electron chi connectivity index (χ0n) is 11.2. The van der Waals surface area contributed by atoms with Crippen LogP contribution in [0.15, 0.2) is 18.2 Å². The highest BCUT2D eigenvalue weighted by molar-refractivity contribution is 5.94. The maximum absolute atomic E-state index is 12.8. The summed E-state index contributed by atoms with van der Waals surface area (Å²) in [5.41, 5.74) is 4.90. The van der Waals surface area contributed by atoms with Crippen molar-refractivity contribution >= 4 is 11.6 Å². The number of rotatable bonds is 3. The van der Waals surface area contributed by atoms with Gasteiger partial charge < -0.3 is 21.1 Å². The maximum atomic E-state index is 12.8. The third kappa shape index (κ3) is 4.16. The zero-order valence-corrected chi connectivity index (χ0v) is 11.2. The number of anilines is 1. The Morgan fingerprint density at radius 2 is 2.19 bits per heavy atom. The predicted molar refractivity (Wildman–Crippen MR) is 70.6 cm³/mol. The summed E-state index contributed by atoms with van der Waals surface area (Å²) < 4.78 is 43.6. The van der Waals surface area contributed by atoms with Crippen LogP contribution in [0.5, 0.6) is 0 Å².